The molecule has 6 heteroatoms. The maximum absolute atomic E-state index is 12.5. The smallest absolute Gasteiger partial charge is 0.248 e. The molecule has 0 bridgehead atoms. The molecule has 2 N–H and O–H groups in total. The summed E-state index contributed by atoms with van der Waals surface area (Å²) in [7, 11) is 0. The van der Waals surface area contributed by atoms with Crippen LogP contribution in [0.2, 0.25) is 0 Å². The first kappa shape index (κ1) is 21.5. The van der Waals surface area contributed by atoms with Gasteiger partial charge in [0.05, 0.1) is 12.6 Å². The molecule has 164 valence electrons. The zero-order valence-electron chi connectivity index (χ0n) is 17.7. The van der Waals surface area contributed by atoms with Gasteiger partial charge in [0.2, 0.25) is 11.8 Å². The van der Waals surface area contributed by atoms with Crippen LogP contribution in [0.4, 0.5) is 5.69 Å². The van der Waals surface area contributed by atoms with Crippen LogP contribution in [0.15, 0.2) is 54.6 Å². The van der Waals surface area contributed by atoms with Gasteiger partial charge in [-0.25, -0.2) is 0 Å². The second-order valence-corrected chi connectivity index (χ2v) is 8.44. The topological polar surface area (TPSA) is 78.9 Å². The van der Waals surface area contributed by atoms with Crippen LogP contribution < -0.4 is 5.32 Å². The Labute approximate surface area is 183 Å². The number of carbonyl (C=O) groups excluding carboxylic acids is 2. The summed E-state index contributed by atoms with van der Waals surface area (Å²) in [5.74, 6) is 0.100. The lowest BCUT2D eigenvalue weighted by Gasteiger charge is -2.38. The summed E-state index contributed by atoms with van der Waals surface area (Å²) in [6.45, 7) is 0.938. The number of hydrogen-bond acceptors (Lipinski definition) is 4. The van der Waals surface area contributed by atoms with Crippen molar-refractivity contribution in [2.24, 2.45) is 5.92 Å². The summed E-state index contributed by atoms with van der Waals surface area (Å²) in [5, 5.41) is 13.9. The summed E-state index contributed by atoms with van der Waals surface area (Å²) < 4.78 is 5.45. The van der Waals surface area contributed by atoms with Crippen LogP contribution in [-0.4, -0.2) is 47.6 Å². The highest BCUT2D eigenvalue weighted by Crippen LogP contribution is 2.29. The fourth-order valence-corrected chi connectivity index (χ4v) is 4.18. The summed E-state index contributed by atoms with van der Waals surface area (Å²) >= 11 is 0. The molecule has 1 aliphatic carbocycles. The van der Waals surface area contributed by atoms with Crippen molar-refractivity contribution in [3.05, 3.63) is 65.7 Å². The molecule has 1 saturated carbocycles. The van der Waals surface area contributed by atoms with E-state index in [4.69, 9.17) is 4.74 Å². The van der Waals surface area contributed by atoms with Crippen molar-refractivity contribution in [3.8, 4) is 0 Å². The van der Waals surface area contributed by atoms with Crippen molar-refractivity contribution in [2.45, 2.75) is 44.2 Å². The van der Waals surface area contributed by atoms with Crippen LogP contribution in [0.25, 0.3) is 0 Å². The molecule has 2 atom stereocenters. The van der Waals surface area contributed by atoms with Crippen LogP contribution in [0, 0.1) is 5.92 Å². The standard InChI is InChI=1S/C25H30N2O4/c28-23-17-31-16-22(27(23)15-5-8-18-6-2-1-3-7-18)24(29)19-11-13-21(14-12-19)26-25(30)20-9-4-10-20/h1-3,6-7,11-14,20,22,24,29H,4-5,8-10,15-17H2,(H,26,30)/t22-,24-/m1/s1. The third kappa shape index (κ3) is 5.32. The summed E-state index contributed by atoms with van der Waals surface area (Å²) in [6.07, 6.45) is 3.89. The van der Waals surface area contributed by atoms with Crippen LogP contribution in [0.3, 0.4) is 0 Å². The van der Waals surface area contributed by atoms with E-state index in [-0.39, 0.29) is 24.3 Å². The third-order valence-electron chi connectivity index (χ3n) is 6.30. The van der Waals surface area contributed by atoms with E-state index in [0.717, 1.165) is 37.8 Å². The van der Waals surface area contributed by atoms with Crippen molar-refractivity contribution in [3.63, 3.8) is 0 Å². The first-order valence-corrected chi connectivity index (χ1v) is 11.1. The first-order chi connectivity index (χ1) is 15.1. The Morgan fingerprint density at radius 1 is 1.13 bits per heavy atom. The lowest BCUT2D eigenvalue weighted by atomic mass is 9.85. The zero-order chi connectivity index (χ0) is 21.6. The number of hydrogen-bond donors (Lipinski definition) is 2. The zero-order valence-corrected chi connectivity index (χ0v) is 17.7. The molecule has 1 aliphatic heterocycles. The second kappa shape index (κ2) is 10.1. The molecular weight excluding hydrogens is 392 g/mol. The number of benzene rings is 2. The van der Waals surface area contributed by atoms with Gasteiger partial charge >= 0.3 is 0 Å². The third-order valence-corrected chi connectivity index (χ3v) is 6.30. The fourth-order valence-electron chi connectivity index (χ4n) is 4.18. The quantitative estimate of drug-likeness (QED) is 0.684. The molecule has 2 fully saturated rings. The lowest BCUT2D eigenvalue weighted by Crippen LogP contribution is -2.52. The van der Waals surface area contributed by atoms with Gasteiger partial charge < -0.3 is 20.1 Å². The average Bonchev–Trinajstić information content (AvgIpc) is 2.74. The second-order valence-electron chi connectivity index (χ2n) is 8.44. The number of ether oxygens (including phenoxy) is 1. The number of carbonyl (C=O) groups is 2. The molecule has 31 heavy (non-hydrogen) atoms. The van der Waals surface area contributed by atoms with Gasteiger partial charge in [-0.1, -0.05) is 48.9 Å². The molecule has 2 aliphatic rings. The van der Waals surface area contributed by atoms with E-state index in [1.165, 1.54) is 5.56 Å². The minimum absolute atomic E-state index is 0.0562. The van der Waals surface area contributed by atoms with E-state index >= 15 is 0 Å². The van der Waals surface area contributed by atoms with E-state index in [1.54, 1.807) is 17.0 Å². The first-order valence-electron chi connectivity index (χ1n) is 11.1. The predicted octanol–water partition coefficient (Wildman–Crippen LogP) is 3.32. The minimum atomic E-state index is -0.850. The molecule has 0 unspecified atom stereocenters. The molecule has 1 saturated heterocycles. The van der Waals surface area contributed by atoms with Crippen molar-refractivity contribution in [1.29, 1.82) is 0 Å². The Kier molecular flexibility index (Phi) is 6.99. The van der Waals surface area contributed by atoms with Crippen LogP contribution >= 0.6 is 0 Å². The number of anilines is 1. The molecule has 2 aromatic carbocycles. The molecule has 1 heterocycles. The van der Waals surface area contributed by atoms with E-state index in [2.05, 4.69) is 17.4 Å². The number of aliphatic hydroxyl groups excluding tert-OH is 1. The number of nitrogens with zero attached hydrogens (tertiary/aromatic N) is 1. The van der Waals surface area contributed by atoms with Gasteiger partial charge in [0, 0.05) is 18.2 Å². The van der Waals surface area contributed by atoms with E-state index in [9.17, 15) is 14.7 Å². The molecule has 0 aromatic heterocycles. The Morgan fingerprint density at radius 2 is 1.87 bits per heavy atom. The highest BCUT2D eigenvalue weighted by Gasteiger charge is 2.34. The average molecular weight is 423 g/mol. The van der Waals surface area contributed by atoms with E-state index in [0.29, 0.717) is 18.7 Å². The van der Waals surface area contributed by atoms with Crippen LogP contribution in [0.5, 0.6) is 0 Å². The Bertz CT molecular complexity index is 880. The largest absolute Gasteiger partial charge is 0.386 e. The number of amides is 2. The predicted molar refractivity (Wildman–Crippen MR) is 118 cm³/mol. The Balaban J connectivity index is 1.37. The molecule has 2 amide bonds. The Hall–Kier alpha value is -2.70. The summed E-state index contributed by atoms with van der Waals surface area (Å²) in [5.41, 5.74) is 2.67. The van der Waals surface area contributed by atoms with Gasteiger partial charge in [-0.15, -0.1) is 0 Å². The maximum Gasteiger partial charge on any atom is 0.248 e. The molecule has 2 aromatic rings. The molecule has 0 spiro atoms. The van der Waals surface area contributed by atoms with Crippen molar-refractivity contribution < 1.29 is 19.4 Å². The van der Waals surface area contributed by atoms with Gasteiger partial charge in [0.25, 0.3) is 0 Å². The monoisotopic (exact) mass is 422 g/mol. The number of nitrogens with one attached hydrogen (secondary N) is 1. The van der Waals surface area contributed by atoms with Gasteiger partial charge in [-0.2, -0.15) is 0 Å². The van der Waals surface area contributed by atoms with Crippen LogP contribution in [-0.2, 0) is 20.7 Å². The fraction of sp³-hybridized carbons (Fsp3) is 0.440. The normalized spacial score (nSPS) is 20.2. The molecule has 0 radical (unpaired) electrons. The number of morpholine rings is 1. The Morgan fingerprint density at radius 3 is 2.55 bits per heavy atom. The van der Waals surface area contributed by atoms with E-state index < -0.39 is 12.1 Å². The van der Waals surface area contributed by atoms with Gasteiger partial charge in [0.15, 0.2) is 0 Å². The maximum atomic E-state index is 12.5. The highest BCUT2D eigenvalue weighted by molar-refractivity contribution is 5.93. The van der Waals surface area contributed by atoms with E-state index in [1.807, 2.05) is 30.3 Å². The number of aliphatic hydroxyl groups is 1. The SMILES string of the molecule is O=C(Nc1ccc([C@@H](O)[C@H]2COCC(=O)N2CCCc2ccccc2)cc1)C1CCC1. The van der Waals surface area contributed by atoms with Gasteiger partial charge in [-0.05, 0) is 48.9 Å². The van der Waals surface area contributed by atoms with Crippen LogP contribution in [0.1, 0.15) is 42.9 Å². The minimum Gasteiger partial charge on any atom is -0.386 e. The number of rotatable bonds is 8. The molecule has 6 nitrogen and oxygen atoms in total. The molecular formula is C25H30N2O4. The lowest BCUT2D eigenvalue weighted by molar-refractivity contribution is -0.154. The van der Waals surface area contributed by atoms with Gasteiger partial charge in [-0.3, -0.25) is 9.59 Å². The van der Waals surface area contributed by atoms with Crippen molar-refractivity contribution in [1.82, 2.24) is 4.90 Å². The summed E-state index contributed by atoms with van der Waals surface area (Å²) in [6, 6.07) is 17.0. The number of aryl methyl sites for hydroxylation is 1. The van der Waals surface area contributed by atoms with Gasteiger partial charge in [0.1, 0.15) is 12.7 Å². The van der Waals surface area contributed by atoms with Crippen molar-refractivity contribution >= 4 is 17.5 Å². The van der Waals surface area contributed by atoms with Crippen molar-refractivity contribution in [2.75, 3.05) is 25.1 Å². The summed E-state index contributed by atoms with van der Waals surface area (Å²) in [4.78, 5) is 26.4. The molecule has 4 rings (SSSR count). The highest BCUT2D eigenvalue weighted by atomic mass is 16.5.